The van der Waals surface area contributed by atoms with Gasteiger partial charge in [-0.3, -0.25) is 9.78 Å². The molecule has 0 aliphatic rings. The highest BCUT2D eigenvalue weighted by atomic mass is 79.9. The Balaban J connectivity index is 2.48. The lowest BCUT2D eigenvalue weighted by Gasteiger charge is -2.03. The van der Waals surface area contributed by atoms with Gasteiger partial charge in [-0.15, -0.1) is 0 Å². The van der Waals surface area contributed by atoms with Gasteiger partial charge < -0.3 is 0 Å². The molecular formula is C12H6BrF2NO. The summed E-state index contributed by atoms with van der Waals surface area (Å²) in [5.74, 6) is -1.86. The summed E-state index contributed by atoms with van der Waals surface area (Å²) in [5.41, 5.74) is -0.0422. The highest BCUT2D eigenvalue weighted by Gasteiger charge is 2.15. The van der Waals surface area contributed by atoms with Crippen molar-refractivity contribution in [2.45, 2.75) is 0 Å². The SMILES string of the molecule is O=C(c1cc(F)cc(Br)c1)c1ccncc1F. The molecule has 0 aliphatic carbocycles. The molecule has 0 bridgehead atoms. The van der Waals surface area contributed by atoms with Gasteiger partial charge in [0.15, 0.2) is 11.6 Å². The molecule has 17 heavy (non-hydrogen) atoms. The van der Waals surface area contributed by atoms with E-state index >= 15 is 0 Å². The number of hydrogen-bond donors (Lipinski definition) is 0. The van der Waals surface area contributed by atoms with E-state index in [0.717, 1.165) is 12.3 Å². The van der Waals surface area contributed by atoms with E-state index in [-0.39, 0.29) is 11.1 Å². The van der Waals surface area contributed by atoms with Crippen LogP contribution in [0.1, 0.15) is 15.9 Å². The minimum Gasteiger partial charge on any atom is -0.288 e. The van der Waals surface area contributed by atoms with E-state index in [1.165, 1.54) is 24.4 Å². The van der Waals surface area contributed by atoms with Gasteiger partial charge >= 0.3 is 0 Å². The quantitative estimate of drug-likeness (QED) is 0.796. The van der Waals surface area contributed by atoms with Crippen LogP contribution in [0.15, 0.2) is 41.1 Å². The zero-order valence-corrected chi connectivity index (χ0v) is 10.0. The second-order valence-corrected chi connectivity index (χ2v) is 4.26. The van der Waals surface area contributed by atoms with Crippen molar-refractivity contribution in [3.8, 4) is 0 Å². The van der Waals surface area contributed by atoms with Crippen LogP contribution in [-0.4, -0.2) is 10.8 Å². The molecule has 1 aromatic carbocycles. The second-order valence-electron chi connectivity index (χ2n) is 3.34. The summed E-state index contributed by atoms with van der Waals surface area (Å²) < 4.78 is 26.9. The normalized spacial score (nSPS) is 10.3. The first-order chi connectivity index (χ1) is 8.08. The summed E-state index contributed by atoms with van der Waals surface area (Å²) in [7, 11) is 0. The Hall–Kier alpha value is -1.62. The van der Waals surface area contributed by atoms with Crippen LogP contribution in [-0.2, 0) is 0 Å². The van der Waals surface area contributed by atoms with Gasteiger partial charge in [0.2, 0.25) is 0 Å². The summed E-state index contributed by atoms with van der Waals surface area (Å²) in [6.07, 6.45) is 2.26. The molecule has 0 atom stereocenters. The third-order valence-electron chi connectivity index (χ3n) is 2.14. The third-order valence-corrected chi connectivity index (χ3v) is 2.60. The van der Waals surface area contributed by atoms with Crippen LogP contribution < -0.4 is 0 Å². The summed E-state index contributed by atoms with van der Waals surface area (Å²) >= 11 is 3.07. The fraction of sp³-hybridized carbons (Fsp3) is 0. The van der Waals surface area contributed by atoms with E-state index in [4.69, 9.17) is 0 Å². The molecule has 0 aliphatic heterocycles. The molecule has 2 aromatic rings. The number of carbonyl (C=O) groups excluding carboxylic acids is 1. The summed E-state index contributed by atoms with van der Waals surface area (Å²) in [4.78, 5) is 15.5. The van der Waals surface area contributed by atoms with Crippen LogP contribution in [0.3, 0.4) is 0 Å². The Morgan fingerprint density at radius 2 is 2.00 bits per heavy atom. The number of hydrogen-bond acceptors (Lipinski definition) is 2. The van der Waals surface area contributed by atoms with E-state index < -0.39 is 17.4 Å². The topological polar surface area (TPSA) is 30.0 Å². The van der Waals surface area contributed by atoms with Crippen molar-refractivity contribution < 1.29 is 13.6 Å². The Morgan fingerprint density at radius 1 is 1.24 bits per heavy atom. The van der Waals surface area contributed by atoms with Crippen molar-refractivity contribution in [3.63, 3.8) is 0 Å². The number of benzene rings is 1. The molecule has 0 fully saturated rings. The van der Waals surface area contributed by atoms with Crippen LogP contribution in [0.4, 0.5) is 8.78 Å². The average molecular weight is 298 g/mol. The Morgan fingerprint density at radius 3 is 2.65 bits per heavy atom. The number of rotatable bonds is 2. The van der Waals surface area contributed by atoms with Crippen molar-refractivity contribution in [1.29, 1.82) is 0 Å². The molecule has 0 saturated carbocycles. The van der Waals surface area contributed by atoms with E-state index in [1.807, 2.05) is 0 Å². The number of carbonyl (C=O) groups is 1. The van der Waals surface area contributed by atoms with Gasteiger partial charge in [0.05, 0.1) is 11.8 Å². The maximum absolute atomic E-state index is 13.3. The van der Waals surface area contributed by atoms with Gasteiger partial charge in [-0.25, -0.2) is 8.78 Å². The minimum atomic E-state index is -0.724. The average Bonchev–Trinajstić information content (AvgIpc) is 2.27. The van der Waals surface area contributed by atoms with Crippen LogP contribution in [0.25, 0.3) is 0 Å². The zero-order chi connectivity index (χ0) is 12.4. The van der Waals surface area contributed by atoms with E-state index in [2.05, 4.69) is 20.9 Å². The summed E-state index contributed by atoms with van der Waals surface area (Å²) in [6.45, 7) is 0. The molecule has 0 radical (unpaired) electrons. The smallest absolute Gasteiger partial charge is 0.196 e. The lowest BCUT2D eigenvalue weighted by molar-refractivity contribution is 0.103. The van der Waals surface area contributed by atoms with E-state index in [0.29, 0.717) is 4.47 Å². The molecule has 1 aromatic heterocycles. The fourth-order valence-corrected chi connectivity index (χ4v) is 1.87. The molecule has 0 amide bonds. The van der Waals surface area contributed by atoms with E-state index in [1.54, 1.807) is 0 Å². The van der Waals surface area contributed by atoms with Crippen LogP contribution in [0.5, 0.6) is 0 Å². The number of ketones is 1. The monoisotopic (exact) mass is 297 g/mol. The van der Waals surface area contributed by atoms with Gasteiger partial charge in [-0.05, 0) is 24.3 Å². The number of halogens is 3. The van der Waals surface area contributed by atoms with Gasteiger partial charge in [0.1, 0.15) is 5.82 Å². The van der Waals surface area contributed by atoms with Crippen molar-refractivity contribution in [2.75, 3.05) is 0 Å². The summed E-state index contributed by atoms with van der Waals surface area (Å²) in [5, 5.41) is 0. The number of pyridine rings is 1. The lowest BCUT2D eigenvalue weighted by atomic mass is 10.0. The van der Waals surface area contributed by atoms with Gasteiger partial charge in [-0.1, -0.05) is 15.9 Å². The van der Waals surface area contributed by atoms with Crippen LogP contribution >= 0.6 is 15.9 Å². The van der Waals surface area contributed by atoms with Crippen LogP contribution in [0, 0.1) is 11.6 Å². The van der Waals surface area contributed by atoms with Crippen molar-refractivity contribution in [3.05, 3.63) is 63.9 Å². The minimum absolute atomic E-state index is 0.0852. The maximum atomic E-state index is 13.3. The predicted molar refractivity (Wildman–Crippen MR) is 61.7 cm³/mol. The summed E-state index contributed by atoms with van der Waals surface area (Å²) in [6, 6.07) is 4.98. The Kier molecular flexibility index (Phi) is 3.28. The third kappa shape index (κ3) is 2.55. The highest BCUT2D eigenvalue weighted by Crippen LogP contribution is 2.18. The molecule has 0 spiro atoms. The van der Waals surface area contributed by atoms with Gasteiger partial charge in [0.25, 0.3) is 0 Å². The van der Waals surface area contributed by atoms with Crippen molar-refractivity contribution in [1.82, 2.24) is 4.98 Å². The van der Waals surface area contributed by atoms with Gasteiger partial charge in [-0.2, -0.15) is 0 Å². The second kappa shape index (κ2) is 4.71. The molecule has 0 unspecified atom stereocenters. The molecule has 5 heteroatoms. The number of nitrogens with zero attached hydrogens (tertiary/aromatic N) is 1. The van der Waals surface area contributed by atoms with E-state index in [9.17, 15) is 13.6 Å². The first-order valence-corrected chi connectivity index (χ1v) is 5.47. The predicted octanol–water partition coefficient (Wildman–Crippen LogP) is 3.35. The van der Waals surface area contributed by atoms with Crippen molar-refractivity contribution >= 4 is 21.7 Å². The number of aromatic nitrogens is 1. The molecule has 2 nitrogen and oxygen atoms in total. The first-order valence-electron chi connectivity index (χ1n) is 4.68. The first kappa shape index (κ1) is 11.9. The van der Waals surface area contributed by atoms with Crippen molar-refractivity contribution in [2.24, 2.45) is 0 Å². The Bertz CT molecular complexity index is 566. The molecular weight excluding hydrogens is 292 g/mol. The highest BCUT2D eigenvalue weighted by molar-refractivity contribution is 9.10. The largest absolute Gasteiger partial charge is 0.288 e. The lowest BCUT2D eigenvalue weighted by Crippen LogP contribution is -2.05. The molecule has 1 heterocycles. The zero-order valence-electron chi connectivity index (χ0n) is 8.45. The van der Waals surface area contributed by atoms with Crippen LogP contribution in [0.2, 0.25) is 0 Å². The molecule has 86 valence electrons. The Labute approximate surface area is 104 Å². The molecule has 0 saturated heterocycles. The standard InChI is InChI=1S/C12H6BrF2NO/c13-8-3-7(4-9(14)5-8)12(17)10-1-2-16-6-11(10)15/h1-6H. The maximum Gasteiger partial charge on any atom is 0.196 e. The fourth-order valence-electron chi connectivity index (χ4n) is 1.40. The molecule has 2 rings (SSSR count). The molecule has 0 N–H and O–H groups in total. The van der Waals surface area contributed by atoms with Gasteiger partial charge in [0, 0.05) is 16.2 Å².